The molecule has 0 fully saturated rings. The summed E-state index contributed by atoms with van der Waals surface area (Å²) in [7, 11) is 0. The third-order valence-electron chi connectivity index (χ3n) is 3.33. The Morgan fingerprint density at radius 3 is 2.27 bits per heavy atom. The van der Waals surface area contributed by atoms with Crippen LogP contribution in [0.5, 0.6) is 0 Å². The second-order valence-corrected chi connectivity index (χ2v) is 6.17. The average molecular weight is 325 g/mol. The predicted molar refractivity (Wildman–Crippen MR) is 89.7 cm³/mol. The lowest BCUT2D eigenvalue weighted by atomic mass is 10.1. The maximum Gasteiger partial charge on any atom is 0.242 e. The van der Waals surface area contributed by atoms with Gasteiger partial charge in [0, 0.05) is 24.0 Å². The Kier molecular flexibility index (Phi) is 7.39. The van der Waals surface area contributed by atoms with Crippen LogP contribution in [0.25, 0.3) is 0 Å². The van der Waals surface area contributed by atoms with E-state index in [2.05, 4.69) is 5.32 Å². The van der Waals surface area contributed by atoms with Crippen LogP contribution in [-0.2, 0) is 16.1 Å². The molecule has 1 aromatic carbocycles. The first-order chi connectivity index (χ1) is 10.3. The zero-order valence-corrected chi connectivity index (χ0v) is 14.5. The topological polar surface area (TPSA) is 49.4 Å². The van der Waals surface area contributed by atoms with E-state index in [1.54, 1.807) is 24.0 Å². The number of nitrogens with one attached hydrogen (secondary N) is 1. The molecule has 0 radical (unpaired) electrons. The first kappa shape index (κ1) is 18.5. The summed E-state index contributed by atoms with van der Waals surface area (Å²) in [6.45, 7) is 7.94. The number of nitrogens with zero attached hydrogens (tertiary/aromatic N) is 1. The van der Waals surface area contributed by atoms with Crippen LogP contribution < -0.4 is 5.32 Å². The quantitative estimate of drug-likeness (QED) is 0.836. The minimum atomic E-state index is -0.503. The summed E-state index contributed by atoms with van der Waals surface area (Å²) in [5.41, 5.74) is 0.957. The maximum atomic E-state index is 12.4. The molecule has 122 valence electrons. The van der Waals surface area contributed by atoms with Gasteiger partial charge in [0.05, 0.1) is 0 Å². The van der Waals surface area contributed by atoms with Gasteiger partial charge >= 0.3 is 0 Å². The summed E-state index contributed by atoms with van der Waals surface area (Å²) in [6, 6.07) is 6.88. The van der Waals surface area contributed by atoms with Gasteiger partial charge in [-0.1, -0.05) is 30.7 Å². The molecule has 0 saturated heterocycles. The van der Waals surface area contributed by atoms with Gasteiger partial charge in [-0.15, -0.1) is 0 Å². The Morgan fingerprint density at radius 1 is 1.18 bits per heavy atom. The van der Waals surface area contributed by atoms with Crippen LogP contribution in [0.3, 0.4) is 0 Å². The van der Waals surface area contributed by atoms with Crippen molar-refractivity contribution in [3.63, 3.8) is 0 Å². The predicted octanol–water partition coefficient (Wildman–Crippen LogP) is 3.38. The van der Waals surface area contributed by atoms with Gasteiger partial charge in [-0.25, -0.2) is 0 Å². The Bertz CT molecular complexity index is 500. The third kappa shape index (κ3) is 5.68. The molecule has 2 amide bonds. The van der Waals surface area contributed by atoms with Crippen molar-refractivity contribution >= 4 is 23.4 Å². The fourth-order valence-electron chi connectivity index (χ4n) is 2.13. The summed E-state index contributed by atoms with van der Waals surface area (Å²) in [5.74, 6) is -0.141. The van der Waals surface area contributed by atoms with Gasteiger partial charge < -0.3 is 10.2 Å². The third-order valence-corrected chi connectivity index (χ3v) is 3.58. The Labute approximate surface area is 137 Å². The van der Waals surface area contributed by atoms with Gasteiger partial charge in [-0.3, -0.25) is 9.59 Å². The zero-order valence-electron chi connectivity index (χ0n) is 13.7. The van der Waals surface area contributed by atoms with Crippen LogP contribution in [0.15, 0.2) is 24.3 Å². The monoisotopic (exact) mass is 324 g/mol. The second kappa shape index (κ2) is 8.79. The average Bonchev–Trinajstić information content (AvgIpc) is 2.45. The lowest BCUT2D eigenvalue weighted by Gasteiger charge is -2.29. The number of benzene rings is 1. The Balaban J connectivity index is 2.89. The first-order valence-electron chi connectivity index (χ1n) is 7.69. The molecule has 0 heterocycles. The lowest BCUT2D eigenvalue weighted by molar-refractivity contribution is -0.140. The van der Waals surface area contributed by atoms with Gasteiger partial charge in [0.1, 0.15) is 6.04 Å². The molecule has 5 heteroatoms. The standard InChI is InChI=1S/C17H25ClN2O2/c1-5-6-16(21)20(13(4)17(22)19-12(2)3)11-14-7-9-15(18)10-8-14/h7-10,12-13H,5-6,11H2,1-4H3,(H,19,22). The number of amides is 2. The van der Waals surface area contributed by atoms with Gasteiger partial charge in [0.15, 0.2) is 0 Å². The summed E-state index contributed by atoms with van der Waals surface area (Å²) in [4.78, 5) is 26.2. The van der Waals surface area contributed by atoms with Crippen LogP contribution in [0.2, 0.25) is 5.02 Å². The summed E-state index contributed by atoms with van der Waals surface area (Å²) in [5, 5.41) is 3.51. The normalized spacial score (nSPS) is 12.1. The van der Waals surface area contributed by atoms with Crippen molar-refractivity contribution in [3.8, 4) is 0 Å². The van der Waals surface area contributed by atoms with Crippen molar-refractivity contribution in [2.75, 3.05) is 0 Å². The molecule has 1 rings (SSSR count). The van der Waals surface area contributed by atoms with Crippen LogP contribution in [0, 0.1) is 0 Å². The molecule has 22 heavy (non-hydrogen) atoms. The van der Waals surface area contributed by atoms with E-state index in [9.17, 15) is 9.59 Å². The van der Waals surface area contributed by atoms with Crippen LogP contribution in [0.4, 0.5) is 0 Å². The van der Waals surface area contributed by atoms with Gasteiger partial charge in [-0.05, 0) is 44.9 Å². The molecule has 0 saturated carbocycles. The number of halogens is 1. The van der Waals surface area contributed by atoms with E-state index in [0.717, 1.165) is 12.0 Å². The van der Waals surface area contributed by atoms with Crippen LogP contribution in [0.1, 0.15) is 46.1 Å². The van der Waals surface area contributed by atoms with Crippen molar-refractivity contribution in [3.05, 3.63) is 34.9 Å². The smallest absolute Gasteiger partial charge is 0.242 e. The molecule has 0 spiro atoms. The molecule has 1 unspecified atom stereocenters. The number of hydrogen-bond acceptors (Lipinski definition) is 2. The molecule has 0 aliphatic rings. The molecular weight excluding hydrogens is 300 g/mol. The Hall–Kier alpha value is -1.55. The molecule has 0 aliphatic carbocycles. The van der Waals surface area contributed by atoms with E-state index in [1.165, 1.54) is 0 Å². The van der Waals surface area contributed by atoms with Gasteiger partial charge in [-0.2, -0.15) is 0 Å². The minimum Gasteiger partial charge on any atom is -0.352 e. The molecule has 1 aromatic rings. The number of carbonyl (C=O) groups is 2. The van der Waals surface area contributed by atoms with Crippen LogP contribution in [-0.4, -0.2) is 28.8 Å². The highest BCUT2D eigenvalue weighted by Gasteiger charge is 2.25. The molecular formula is C17H25ClN2O2. The lowest BCUT2D eigenvalue weighted by Crippen LogP contribution is -2.49. The van der Waals surface area contributed by atoms with Crippen molar-refractivity contribution < 1.29 is 9.59 Å². The SMILES string of the molecule is CCCC(=O)N(Cc1ccc(Cl)cc1)C(C)C(=O)NC(C)C. The fraction of sp³-hybridized carbons (Fsp3) is 0.529. The highest BCUT2D eigenvalue weighted by molar-refractivity contribution is 6.30. The molecule has 0 aromatic heterocycles. The molecule has 0 bridgehead atoms. The summed E-state index contributed by atoms with van der Waals surface area (Å²) < 4.78 is 0. The van der Waals surface area contributed by atoms with Crippen molar-refractivity contribution in [2.45, 2.75) is 59.2 Å². The van der Waals surface area contributed by atoms with E-state index >= 15 is 0 Å². The summed E-state index contributed by atoms with van der Waals surface area (Å²) >= 11 is 5.89. The minimum absolute atomic E-state index is 0.0103. The molecule has 1 atom stereocenters. The highest BCUT2D eigenvalue weighted by Crippen LogP contribution is 2.15. The molecule has 1 N–H and O–H groups in total. The number of carbonyl (C=O) groups excluding carboxylic acids is 2. The van der Waals surface area contributed by atoms with E-state index < -0.39 is 6.04 Å². The molecule has 4 nitrogen and oxygen atoms in total. The van der Waals surface area contributed by atoms with E-state index in [0.29, 0.717) is 18.0 Å². The van der Waals surface area contributed by atoms with E-state index in [4.69, 9.17) is 11.6 Å². The zero-order chi connectivity index (χ0) is 16.7. The maximum absolute atomic E-state index is 12.4. The molecule has 0 aliphatic heterocycles. The first-order valence-corrected chi connectivity index (χ1v) is 8.07. The second-order valence-electron chi connectivity index (χ2n) is 5.74. The van der Waals surface area contributed by atoms with Gasteiger partial charge in [0.25, 0.3) is 0 Å². The summed E-state index contributed by atoms with van der Waals surface area (Å²) in [6.07, 6.45) is 1.20. The van der Waals surface area contributed by atoms with Crippen molar-refractivity contribution in [2.24, 2.45) is 0 Å². The number of hydrogen-bond donors (Lipinski definition) is 1. The van der Waals surface area contributed by atoms with E-state index in [-0.39, 0.29) is 17.9 Å². The van der Waals surface area contributed by atoms with Crippen LogP contribution >= 0.6 is 11.6 Å². The number of rotatable bonds is 7. The van der Waals surface area contributed by atoms with Crippen molar-refractivity contribution in [1.29, 1.82) is 0 Å². The Morgan fingerprint density at radius 2 is 1.77 bits per heavy atom. The van der Waals surface area contributed by atoms with Gasteiger partial charge in [0.2, 0.25) is 11.8 Å². The highest BCUT2D eigenvalue weighted by atomic mass is 35.5. The fourth-order valence-corrected chi connectivity index (χ4v) is 2.26. The van der Waals surface area contributed by atoms with Crippen molar-refractivity contribution in [1.82, 2.24) is 10.2 Å². The van der Waals surface area contributed by atoms with E-state index in [1.807, 2.05) is 32.9 Å². The largest absolute Gasteiger partial charge is 0.352 e.